The van der Waals surface area contributed by atoms with Gasteiger partial charge in [-0.15, -0.1) is 0 Å². The van der Waals surface area contributed by atoms with Crippen LogP contribution in [0.1, 0.15) is 28.4 Å². The number of ether oxygens (including phenoxy) is 1. The highest BCUT2D eigenvalue weighted by molar-refractivity contribution is 5.97. The van der Waals surface area contributed by atoms with Crippen molar-refractivity contribution in [3.63, 3.8) is 0 Å². The van der Waals surface area contributed by atoms with E-state index in [4.69, 9.17) is 15.7 Å². The smallest absolute Gasteiger partial charge is 0.163 e. The molecule has 0 aromatic heterocycles. The van der Waals surface area contributed by atoms with Gasteiger partial charge in [-0.25, -0.2) is 4.39 Å². The first kappa shape index (κ1) is 14.5. The Balaban J connectivity index is 2.21. The van der Waals surface area contributed by atoms with Crippen LogP contribution in [0.2, 0.25) is 0 Å². The van der Waals surface area contributed by atoms with Gasteiger partial charge >= 0.3 is 0 Å². The van der Waals surface area contributed by atoms with Crippen molar-refractivity contribution in [1.29, 1.82) is 5.26 Å². The Hall–Kier alpha value is -2.87. The number of carbonyl (C=O) groups is 1. The van der Waals surface area contributed by atoms with Gasteiger partial charge in [0.05, 0.1) is 17.2 Å². The van der Waals surface area contributed by atoms with E-state index in [1.54, 1.807) is 12.1 Å². The highest BCUT2D eigenvalue weighted by Gasteiger charge is 2.11. The third kappa shape index (κ3) is 3.37. The van der Waals surface area contributed by atoms with Gasteiger partial charge in [-0.1, -0.05) is 6.07 Å². The fraction of sp³-hybridized carbons (Fsp3) is 0.125. The molecule has 2 aromatic carbocycles. The number of nitriles is 1. The number of hydrogen-bond donors (Lipinski definition) is 1. The van der Waals surface area contributed by atoms with Gasteiger partial charge < -0.3 is 10.5 Å². The number of ketones is 1. The van der Waals surface area contributed by atoms with Crippen LogP contribution in [0.5, 0.6) is 5.75 Å². The number of nitrogens with zero attached hydrogens (tertiary/aromatic N) is 1. The maximum absolute atomic E-state index is 13.7. The van der Waals surface area contributed by atoms with Gasteiger partial charge in [-0.05, 0) is 37.3 Å². The van der Waals surface area contributed by atoms with Gasteiger partial charge in [0.25, 0.3) is 0 Å². The van der Waals surface area contributed by atoms with Crippen LogP contribution in [0.15, 0.2) is 36.4 Å². The summed E-state index contributed by atoms with van der Waals surface area (Å²) in [4.78, 5) is 11.5. The van der Waals surface area contributed by atoms with Gasteiger partial charge in [0.2, 0.25) is 0 Å². The molecule has 0 bridgehead atoms. The molecule has 2 rings (SSSR count). The summed E-state index contributed by atoms with van der Waals surface area (Å²) in [5.74, 6) is -0.355. The summed E-state index contributed by atoms with van der Waals surface area (Å²) in [5, 5.41) is 8.69. The Morgan fingerprint density at radius 2 is 2.10 bits per heavy atom. The first-order valence-electron chi connectivity index (χ1n) is 6.23. The average Bonchev–Trinajstić information content (AvgIpc) is 2.46. The van der Waals surface area contributed by atoms with Crippen LogP contribution in [-0.4, -0.2) is 5.78 Å². The van der Waals surface area contributed by atoms with Gasteiger partial charge in [-0.2, -0.15) is 5.26 Å². The van der Waals surface area contributed by atoms with E-state index in [1.807, 2.05) is 6.07 Å². The number of anilines is 1. The zero-order valence-corrected chi connectivity index (χ0v) is 11.4. The van der Waals surface area contributed by atoms with Crippen LogP contribution in [0.4, 0.5) is 10.1 Å². The van der Waals surface area contributed by atoms with Crippen molar-refractivity contribution in [1.82, 2.24) is 0 Å². The SMILES string of the molecule is CC(=O)c1cc(N)ccc1OCc1ccc(C#N)cc1F. The molecule has 4 nitrogen and oxygen atoms in total. The van der Waals surface area contributed by atoms with Gasteiger partial charge in [0, 0.05) is 11.3 Å². The minimum atomic E-state index is -0.520. The summed E-state index contributed by atoms with van der Waals surface area (Å²) in [5.41, 5.74) is 6.99. The lowest BCUT2D eigenvalue weighted by molar-refractivity contribution is 0.101. The molecule has 0 amide bonds. The summed E-state index contributed by atoms with van der Waals surface area (Å²) in [6, 6.07) is 10.7. The predicted molar refractivity (Wildman–Crippen MR) is 76.3 cm³/mol. The fourth-order valence-corrected chi connectivity index (χ4v) is 1.84. The molecule has 5 heteroatoms. The average molecular weight is 284 g/mol. The number of halogens is 1. The lowest BCUT2D eigenvalue weighted by atomic mass is 10.1. The molecule has 0 radical (unpaired) electrons. The van der Waals surface area contributed by atoms with Crippen LogP contribution in [0.3, 0.4) is 0 Å². The first-order chi connectivity index (χ1) is 10.0. The third-order valence-electron chi connectivity index (χ3n) is 2.95. The van der Waals surface area contributed by atoms with Crippen LogP contribution in [0, 0.1) is 17.1 Å². The molecule has 0 aliphatic carbocycles. The molecule has 0 aliphatic rings. The van der Waals surface area contributed by atoms with Crippen molar-refractivity contribution < 1.29 is 13.9 Å². The normalized spacial score (nSPS) is 9.95. The van der Waals surface area contributed by atoms with E-state index < -0.39 is 5.82 Å². The van der Waals surface area contributed by atoms with Crippen molar-refractivity contribution >= 4 is 11.5 Å². The summed E-state index contributed by atoms with van der Waals surface area (Å²) in [6.07, 6.45) is 0. The number of carbonyl (C=O) groups excluding carboxylic acids is 1. The van der Waals surface area contributed by atoms with Gasteiger partial charge in [0.15, 0.2) is 5.78 Å². The Bertz CT molecular complexity index is 736. The van der Waals surface area contributed by atoms with Gasteiger partial charge in [0.1, 0.15) is 18.2 Å². The van der Waals surface area contributed by atoms with E-state index in [1.165, 1.54) is 25.1 Å². The Morgan fingerprint density at radius 3 is 2.71 bits per heavy atom. The molecule has 2 N–H and O–H groups in total. The van der Waals surface area contributed by atoms with Crippen molar-refractivity contribution in [2.45, 2.75) is 13.5 Å². The zero-order chi connectivity index (χ0) is 15.4. The fourth-order valence-electron chi connectivity index (χ4n) is 1.84. The summed E-state index contributed by atoms with van der Waals surface area (Å²) in [6.45, 7) is 1.37. The van der Waals surface area contributed by atoms with E-state index >= 15 is 0 Å². The number of rotatable bonds is 4. The Kier molecular flexibility index (Phi) is 4.19. The van der Waals surface area contributed by atoms with E-state index in [0.717, 1.165) is 6.07 Å². The van der Waals surface area contributed by atoms with Crippen molar-refractivity contribution in [3.05, 3.63) is 58.9 Å². The molecule has 21 heavy (non-hydrogen) atoms. The topological polar surface area (TPSA) is 76.1 Å². The number of hydrogen-bond acceptors (Lipinski definition) is 4. The Labute approximate surface area is 121 Å². The quantitative estimate of drug-likeness (QED) is 0.691. The highest BCUT2D eigenvalue weighted by atomic mass is 19.1. The molecule has 0 saturated carbocycles. The van der Waals surface area contributed by atoms with Crippen molar-refractivity contribution in [2.75, 3.05) is 5.73 Å². The molecule has 0 atom stereocenters. The predicted octanol–water partition coefficient (Wildman–Crippen LogP) is 3.06. The second-order valence-electron chi connectivity index (χ2n) is 4.52. The number of Topliss-reactive ketones (excluding diaryl/α,β-unsaturated/α-hetero) is 1. The molecule has 0 fully saturated rings. The van der Waals surface area contributed by atoms with Crippen molar-refractivity contribution in [2.24, 2.45) is 0 Å². The number of nitrogen functional groups attached to an aromatic ring is 1. The summed E-state index contributed by atoms with van der Waals surface area (Å²) >= 11 is 0. The van der Waals surface area contributed by atoms with E-state index in [-0.39, 0.29) is 18.0 Å². The lowest BCUT2D eigenvalue weighted by Crippen LogP contribution is -2.04. The largest absolute Gasteiger partial charge is 0.488 e. The maximum atomic E-state index is 13.7. The van der Waals surface area contributed by atoms with Crippen LogP contribution < -0.4 is 10.5 Å². The maximum Gasteiger partial charge on any atom is 0.163 e. The first-order valence-corrected chi connectivity index (χ1v) is 6.23. The minimum Gasteiger partial charge on any atom is -0.488 e. The molecular weight excluding hydrogens is 271 g/mol. The zero-order valence-electron chi connectivity index (χ0n) is 11.4. The number of nitrogens with two attached hydrogens (primary N) is 1. The Morgan fingerprint density at radius 1 is 1.33 bits per heavy atom. The molecule has 2 aromatic rings. The standard InChI is InChI=1S/C16H13FN2O2/c1-10(20)14-7-13(19)4-5-16(14)21-9-12-3-2-11(8-18)6-15(12)17/h2-7H,9,19H2,1H3. The van der Waals surface area contributed by atoms with Crippen LogP contribution in [-0.2, 0) is 6.61 Å². The molecule has 0 spiro atoms. The van der Waals surface area contributed by atoms with Crippen LogP contribution >= 0.6 is 0 Å². The molecule has 0 unspecified atom stereocenters. The summed E-state index contributed by atoms with van der Waals surface area (Å²) < 4.78 is 19.2. The lowest BCUT2D eigenvalue weighted by Gasteiger charge is -2.11. The van der Waals surface area contributed by atoms with E-state index in [2.05, 4.69) is 0 Å². The molecule has 0 saturated heterocycles. The molecule has 0 aliphatic heterocycles. The van der Waals surface area contributed by atoms with Gasteiger partial charge in [-0.3, -0.25) is 4.79 Å². The van der Waals surface area contributed by atoms with Crippen LogP contribution in [0.25, 0.3) is 0 Å². The molecule has 106 valence electrons. The third-order valence-corrected chi connectivity index (χ3v) is 2.95. The minimum absolute atomic E-state index is 0.0399. The summed E-state index contributed by atoms with van der Waals surface area (Å²) in [7, 11) is 0. The van der Waals surface area contributed by atoms with Crippen molar-refractivity contribution in [3.8, 4) is 11.8 Å². The van der Waals surface area contributed by atoms with E-state index in [0.29, 0.717) is 22.6 Å². The molecule has 0 heterocycles. The highest BCUT2D eigenvalue weighted by Crippen LogP contribution is 2.23. The second kappa shape index (κ2) is 6.06. The molecular formula is C16H13FN2O2. The second-order valence-corrected chi connectivity index (χ2v) is 4.52. The van der Waals surface area contributed by atoms with E-state index in [9.17, 15) is 9.18 Å². The monoisotopic (exact) mass is 284 g/mol. The number of benzene rings is 2.